The minimum absolute atomic E-state index is 0.0134. The molecule has 0 saturated carbocycles. The number of unbranched alkanes of at least 4 members (excludes halogenated alkanes) is 1. The van der Waals surface area contributed by atoms with Crippen molar-refractivity contribution in [3.8, 4) is 5.75 Å². The van der Waals surface area contributed by atoms with Crippen LogP contribution >= 0.6 is 11.8 Å². The molecule has 1 aliphatic rings. The van der Waals surface area contributed by atoms with Gasteiger partial charge in [-0.25, -0.2) is 4.79 Å². The molecule has 0 aliphatic carbocycles. The summed E-state index contributed by atoms with van der Waals surface area (Å²) in [6.45, 7) is 1.15. The Morgan fingerprint density at radius 1 is 1.35 bits per heavy atom. The molecule has 1 atom stereocenters. The Balaban J connectivity index is 1.59. The summed E-state index contributed by atoms with van der Waals surface area (Å²) in [4.78, 5) is 35.5. The van der Waals surface area contributed by atoms with Crippen molar-refractivity contribution >= 4 is 29.4 Å². The first-order chi connectivity index (χ1) is 12.5. The van der Waals surface area contributed by atoms with Crippen LogP contribution in [0.5, 0.6) is 5.75 Å². The fourth-order valence-electron chi connectivity index (χ4n) is 2.40. The largest absolute Gasteiger partial charge is 0.412 e. The van der Waals surface area contributed by atoms with Crippen molar-refractivity contribution in [1.82, 2.24) is 10.2 Å². The van der Waals surface area contributed by atoms with Crippen LogP contribution in [0, 0.1) is 10.1 Å². The number of benzene rings is 1. The first-order valence-electron chi connectivity index (χ1n) is 8.29. The summed E-state index contributed by atoms with van der Waals surface area (Å²) in [5.41, 5.74) is 5.84. The van der Waals surface area contributed by atoms with Crippen LogP contribution < -0.4 is 15.8 Å². The molecule has 1 fully saturated rings. The zero-order valence-corrected chi connectivity index (χ0v) is 15.1. The molecule has 0 aromatic heterocycles. The predicted octanol–water partition coefficient (Wildman–Crippen LogP) is 1.71. The number of ether oxygens (including phenoxy) is 1. The van der Waals surface area contributed by atoms with E-state index in [1.807, 2.05) is 0 Å². The fourth-order valence-corrected chi connectivity index (χ4v) is 3.36. The average molecular weight is 382 g/mol. The summed E-state index contributed by atoms with van der Waals surface area (Å²) in [7, 11) is 0. The molecule has 1 aliphatic heterocycles. The predicted molar refractivity (Wildman–Crippen MR) is 98.0 cm³/mol. The van der Waals surface area contributed by atoms with Gasteiger partial charge < -0.3 is 20.7 Å². The molecule has 1 aromatic carbocycles. The minimum Gasteiger partial charge on any atom is -0.410 e. The lowest BCUT2D eigenvalue weighted by Gasteiger charge is -2.19. The Kier molecular flexibility index (Phi) is 7.67. The maximum atomic E-state index is 12.0. The summed E-state index contributed by atoms with van der Waals surface area (Å²) in [6, 6.07) is 4.75. The highest BCUT2D eigenvalue weighted by Crippen LogP contribution is 2.17. The number of thioether (sulfide) groups is 1. The molecule has 26 heavy (non-hydrogen) atoms. The number of hydrogen-bond acceptors (Lipinski definition) is 7. The van der Waals surface area contributed by atoms with E-state index >= 15 is 0 Å². The van der Waals surface area contributed by atoms with Gasteiger partial charge in [0.15, 0.2) is 0 Å². The van der Waals surface area contributed by atoms with Gasteiger partial charge in [-0.05, 0) is 31.4 Å². The molecule has 0 radical (unpaired) electrons. The average Bonchev–Trinajstić information content (AvgIpc) is 3.15. The second kappa shape index (κ2) is 9.97. The van der Waals surface area contributed by atoms with Crippen molar-refractivity contribution in [2.45, 2.75) is 25.3 Å². The van der Waals surface area contributed by atoms with Gasteiger partial charge in [-0.3, -0.25) is 14.9 Å². The summed E-state index contributed by atoms with van der Waals surface area (Å²) in [5.74, 6) is 1.88. The molecule has 0 bridgehead atoms. The highest BCUT2D eigenvalue weighted by Gasteiger charge is 2.23. The van der Waals surface area contributed by atoms with Crippen molar-refractivity contribution in [1.29, 1.82) is 0 Å². The normalized spacial score (nSPS) is 14.7. The second-order valence-corrected chi connectivity index (χ2v) is 6.88. The quantitative estimate of drug-likeness (QED) is 0.398. The Labute approximate surface area is 155 Å². The number of carbonyl (C=O) groups is 2. The molecular formula is C16H22N4O5S. The van der Waals surface area contributed by atoms with Crippen LogP contribution in [-0.2, 0) is 4.79 Å². The van der Waals surface area contributed by atoms with Crippen molar-refractivity contribution in [2.24, 2.45) is 5.73 Å². The molecule has 0 spiro atoms. The third-order valence-electron chi connectivity index (χ3n) is 3.85. The van der Waals surface area contributed by atoms with Gasteiger partial charge in [0.1, 0.15) is 5.75 Å². The molecule has 2 amide bonds. The number of carbonyl (C=O) groups excluding carboxylic acids is 2. The molecule has 1 heterocycles. The van der Waals surface area contributed by atoms with Crippen LogP contribution in [0.15, 0.2) is 24.3 Å². The molecule has 2 rings (SSSR count). The van der Waals surface area contributed by atoms with Gasteiger partial charge in [0, 0.05) is 31.0 Å². The zero-order valence-electron chi connectivity index (χ0n) is 14.3. The molecule has 1 aromatic rings. The number of nitrogens with one attached hydrogen (secondary N) is 1. The Morgan fingerprint density at radius 2 is 2.08 bits per heavy atom. The molecule has 1 unspecified atom stereocenters. The number of nitro groups is 1. The lowest BCUT2D eigenvalue weighted by molar-refractivity contribution is -0.384. The molecule has 10 heteroatoms. The van der Waals surface area contributed by atoms with Crippen molar-refractivity contribution in [3.63, 3.8) is 0 Å². The van der Waals surface area contributed by atoms with E-state index in [9.17, 15) is 19.7 Å². The number of nitrogens with zero attached hydrogens (tertiary/aromatic N) is 2. The smallest absolute Gasteiger partial charge is 0.410 e. The molecule has 3 N–H and O–H groups in total. The Bertz CT molecular complexity index is 634. The summed E-state index contributed by atoms with van der Waals surface area (Å²) >= 11 is 1.72. The Hall–Kier alpha value is -2.33. The molecule has 9 nitrogen and oxygen atoms in total. The van der Waals surface area contributed by atoms with E-state index in [-0.39, 0.29) is 17.3 Å². The van der Waals surface area contributed by atoms with E-state index in [0.29, 0.717) is 31.7 Å². The standard InChI is InChI=1S/C16H22N4O5S/c17-14(15(21)19-9-10-26-11-19)3-1-2-8-18-16(22)25-13-6-4-12(5-7-13)20(23)24/h4-7,14H,1-3,8-11,17H2,(H,18,22). The minimum atomic E-state index is -0.631. The number of rotatable bonds is 8. The van der Waals surface area contributed by atoms with Gasteiger partial charge in [-0.1, -0.05) is 0 Å². The number of nitrogens with two attached hydrogens (primary N) is 1. The molecule has 1 saturated heterocycles. The third-order valence-corrected chi connectivity index (χ3v) is 4.82. The van der Waals surface area contributed by atoms with Gasteiger partial charge in [-0.2, -0.15) is 0 Å². The number of hydrogen-bond donors (Lipinski definition) is 2. The van der Waals surface area contributed by atoms with Gasteiger partial charge in [-0.15, -0.1) is 11.8 Å². The second-order valence-electron chi connectivity index (χ2n) is 5.81. The third kappa shape index (κ3) is 6.19. The monoisotopic (exact) mass is 382 g/mol. The van der Waals surface area contributed by atoms with E-state index in [2.05, 4.69) is 5.32 Å². The summed E-state index contributed by atoms with van der Waals surface area (Å²) < 4.78 is 5.02. The van der Waals surface area contributed by atoms with E-state index in [1.54, 1.807) is 16.7 Å². The van der Waals surface area contributed by atoms with Gasteiger partial charge >= 0.3 is 6.09 Å². The van der Waals surface area contributed by atoms with Crippen LogP contribution in [0.4, 0.5) is 10.5 Å². The summed E-state index contributed by atoms with van der Waals surface area (Å²) in [6.07, 6.45) is 1.32. The van der Waals surface area contributed by atoms with Crippen LogP contribution in [0.25, 0.3) is 0 Å². The maximum Gasteiger partial charge on any atom is 0.412 e. The first-order valence-corrected chi connectivity index (χ1v) is 9.45. The fraction of sp³-hybridized carbons (Fsp3) is 0.500. The van der Waals surface area contributed by atoms with Crippen molar-refractivity contribution in [2.75, 3.05) is 24.7 Å². The van der Waals surface area contributed by atoms with Crippen LogP contribution in [0.1, 0.15) is 19.3 Å². The van der Waals surface area contributed by atoms with Crippen LogP contribution in [0.3, 0.4) is 0 Å². The van der Waals surface area contributed by atoms with Crippen molar-refractivity contribution in [3.05, 3.63) is 34.4 Å². The highest BCUT2D eigenvalue weighted by atomic mass is 32.2. The van der Waals surface area contributed by atoms with E-state index in [4.69, 9.17) is 10.5 Å². The van der Waals surface area contributed by atoms with E-state index in [0.717, 1.165) is 12.3 Å². The SMILES string of the molecule is NC(CCCCNC(=O)Oc1ccc([N+](=O)[O-])cc1)C(=O)N1CCSC1. The Morgan fingerprint density at radius 3 is 2.69 bits per heavy atom. The van der Waals surface area contributed by atoms with E-state index in [1.165, 1.54) is 24.3 Å². The maximum absolute atomic E-state index is 12.0. The van der Waals surface area contributed by atoms with Gasteiger partial charge in [0.05, 0.1) is 16.8 Å². The first kappa shape index (κ1) is 20.0. The van der Waals surface area contributed by atoms with Crippen molar-refractivity contribution < 1.29 is 19.2 Å². The van der Waals surface area contributed by atoms with Crippen LogP contribution in [0.2, 0.25) is 0 Å². The van der Waals surface area contributed by atoms with Gasteiger partial charge in [0.2, 0.25) is 5.91 Å². The van der Waals surface area contributed by atoms with Crippen LogP contribution in [-0.4, -0.2) is 52.6 Å². The number of nitro benzene ring substituents is 1. The lowest BCUT2D eigenvalue weighted by Crippen LogP contribution is -2.42. The van der Waals surface area contributed by atoms with Gasteiger partial charge in [0.25, 0.3) is 5.69 Å². The number of amides is 2. The highest BCUT2D eigenvalue weighted by molar-refractivity contribution is 7.99. The molecule has 142 valence electrons. The number of non-ortho nitro benzene ring substituents is 1. The molecular weight excluding hydrogens is 360 g/mol. The zero-order chi connectivity index (χ0) is 18.9. The topological polar surface area (TPSA) is 128 Å². The van der Waals surface area contributed by atoms with E-state index < -0.39 is 17.1 Å². The summed E-state index contributed by atoms with van der Waals surface area (Å²) in [5, 5.41) is 13.1. The lowest BCUT2D eigenvalue weighted by atomic mass is 10.1.